The van der Waals surface area contributed by atoms with Crippen molar-refractivity contribution in [3.8, 4) is 0 Å². The summed E-state index contributed by atoms with van der Waals surface area (Å²) in [5, 5.41) is 0. The second kappa shape index (κ2) is 5.45. The summed E-state index contributed by atoms with van der Waals surface area (Å²) in [5.41, 5.74) is 0.588. The molecule has 0 saturated carbocycles. The standard InChI is InChI=1S/C8H8O2.Y/c1-10-8(9)7-5-3-2-4-6-7;/h2-6H,1H3;. The maximum absolute atomic E-state index is 10.8. The first kappa shape index (κ1) is 10.8. The van der Waals surface area contributed by atoms with Crippen LogP contribution >= 0.6 is 0 Å². The quantitative estimate of drug-likeness (QED) is 0.676. The van der Waals surface area contributed by atoms with Crippen LogP contribution in [0.15, 0.2) is 30.3 Å². The third-order valence-electron chi connectivity index (χ3n) is 1.19. The van der Waals surface area contributed by atoms with Crippen molar-refractivity contribution in [2.24, 2.45) is 0 Å². The Kier molecular flexibility index (Phi) is 5.34. The van der Waals surface area contributed by atoms with Gasteiger partial charge in [-0.15, -0.1) is 0 Å². The molecule has 0 aliphatic heterocycles. The minimum absolute atomic E-state index is 0. The molecule has 0 atom stereocenters. The van der Waals surface area contributed by atoms with Crippen LogP contribution in [0.4, 0.5) is 0 Å². The average Bonchev–Trinajstić information content (AvgIpc) is 2.05. The summed E-state index contributed by atoms with van der Waals surface area (Å²) >= 11 is 0. The fraction of sp³-hybridized carbons (Fsp3) is 0.125. The van der Waals surface area contributed by atoms with Gasteiger partial charge in [-0.2, -0.15) is 0 Å². The van der Waals surface area contributed by atoms with E-state index >= 15 is 0 Å². The first-order valence-electron chi connectivity index (χ1n) is 2.98. The van der Waals surface area contributed by atoms with Crippen LogP contribution in [0.2, 0.25) is 0 Å². The van der Waals surface area contributed by atoms with Gasteiger partial charge < -0.3 is 4.74 Å². The Morgan fingerprint density at radius 2 is 1.82 bits per heavy atom. The summed E-state index contributed by atoms with van der Waals surface area (Å²) in [6, 6.07) is 8.88. The fourth-order valence-corrected chi connectivity index (χ4v) is 0.692. The van der Waals surface area contributed by atoms with Crippen molar-refractivity contribution >= 4 is 5.97 Å². The maximum Gasteiger partial charge on any atom is 0.337 e. The zero-order valence-electron chi connectivity index (χ0n) is 6.28. The van der Waals surface area contributed by atoms with Crippen LogP contribution in [0.25, 0.3) is 0 Å². The number of hydrogen-bond acceptors (Lipinski definition) is 2. The van der Waals surface area contributed by atoms with Crippen LogP contribution in [0.5, 0.6) is 0 Å². The summed E-state index contributed by atoms with van der Waals surface area (Å²) in [6.07, 6.45) is 0. The topological polar surface area (TPSA) is 26.3 Å². The van der Waals surface area contributed by atoms with Crippen LogP contribution in [-0.4, -0.2) is 13.1 Å². The minimum Gasteiger partial charge on any atom is -0.465 e. The van der Waals surface area contributed by atoms with Gasteiger partial charge in [0.25, 0.3) is 0 Å². The van der Waals surface area contributed by atoms with Crippen molar-refractivity contribution in [1.82, 2.24) is 0 Å². The van der Waals surface area contributed by atoms with E-state index in [0.717, 1.165) is 0 Å². The molecule has 0 heterocycles. The number of carbonyl (C=O) groups is 1. The molecule has 0 unspecified atom stereocenters. The van der Waals surface area contributed by atoms with E-state index in [1.165, 1.54) is 7.11 Å². The summed E-state index contributed by atoms with van der Waals surface area (Å²) in [4.78, 5) is 10.8. The number of ether oxygens (including phenoxy) is 1. The number of esters is 1. The van der Waals surface area contributed by atoms with Gasteiger partial charge in [-0.25, -0.2) is 4.79 Å². The van der Waals surface area contributed by atoms with E-state index in [1.54, 1.807) is 24.3 Å². The van der Waals surface area contributed by atoms with Crippen molar-refractivity contribution in [2.75, 3.05) is 7.11 Å². The van der Waals surface area contributed by atoms with E-state index in [-0.39, 0.29) is 38.7 Å². The van der Waals surface area contributed by atoms with Crippen LogP contribution in [-0.2, 0) is 37.4 Å². The third kappa shape index (κ3) is 3.13. The van der Waals surface area contributed by atoms with E-state index in [1.807, 2.05) is 6.07 Å². The Bertz CT molecular complexity index is 221. The van der Waals surface area contributed by atoms with Gasteiger partial charge in [0.15, 0.2) is 0 Å². The summed E-state index contributed by atoms with van der Waals surface area (Å²) in [7, 11) is 1.37. The number of rotatable bonds is 1. The average molecular weight is 225 g/mol. The molecule has 0 N–H and O–H groups in total. The van der Waals surface area contributed by atoms with E-state index in [4.69, 9.17) is 0 Å². The normalized spacial score (nSPS) is 8.09. The molecule has 0 spiro atoms. The van der Waals surface area contributed by atoms with Gasteiger partial charge in [-0.05, 0) is 12.1 Å². The number of methoxy groups -OCH3 is 1. The van der Waals surface area contributed by atoms with Crippen molar-refractivity contribution in [2.45, 2.75) is 0 Å². The van der Waals surface area contributed by atoms with Crippen molar-refractivity contribution < 1.29 is 42.2 Å². The molecule has 1 aromatic carbocycles. The van der Waals surface area contributed by atoms with Crippen LogP contribution in [0.3, 0.4) is 0 Å². The van der Waals surface area contributed by atoms with Gasteiger partial charge in [0.2, 0.25) is 0 Å². The van der Waals surface area contributed by atoms with Crippen molar-refractivity contribution in [3.63, 3.8) is 0 Å². The molecule has 2 nitrogen and oxygen atoms in total. The zero-order chi connectivity index (χ0) is 7.40. The first-order valence-corrected chi connectivity index (χ1v) is 2.98. The van der Waals surface area contributed by atoms with Gasteiger partial charge in [0.1, 0.15) is 0 Å². The molecular formula is C8H8O2Y. The van der Waals surface area contributed by atoms with E-state index in [9.17, 15) is 4.79 Å². The number of carbonyl (C=O) groups excluding carboxylic acids is 1. The second-order valence-corrected chi connectivity index (χ2v) is 1.86. The summed E-state index contributed by atoms with van der Waals surface area (Å²) < 4.78 is 4.50. The van der Waals surface area contributed by atoms with Crippen LogP contribution in [0.1, 0.15) is 10.4 Å². The smallest absolute Gasteiger partial charge is 0.337 e. The molecule has 1 rings (SSSR count). The predicted octanol–water partition coefficient (Wildman–Crippen LogP) is 1.47. The summed E-state index contributed by atoms with van der Waals surface area (Å²) in [5.74, 6) is -0.291. The molecule has 0 aliphatic rings. The Labute approximate surface area is 90.8 Å². The molecule has 11 heavy (non-hydrogen) atoms. The molecule has 1 aromatic rings. The second-order valence-electron chi connectivity index (χ2n) is 1.86. The van der Waals surface area contributed by atoms with Crippen LogP contribution in [0, 0.1) is 0 Å². The Balaban J connectivity index is 0.000001000. The maximum atomic E-state index is 10.8. The molecule has 0 amide bonds. The SMILES string of the molecule is COC(=O)c1ccccc1.[Y]. The summed E-state index contributed by atoms with van der Waals surface area (Å²) in [6.45, 7) is 0. The molecule has 0 saturated heterocycles. The van der Waals surface area contributed by atoms with Crippen LogP contribution < -0.4 is 0 Å². The fourth-order valence-electron chi connectivity index (χ4n) is 0.692. The number of hydrogen-bond donors (Lipinski definition) is 0. The molecule has 0 aromatic heterocycles. The molecule has 0 fully saturated rings. The molecular weight excluding hydrogens is 217 g/mol. The van der Waals surface area contributed by atoms with E-state index in [2.05, 4.69) is 4.74 Å². The third-order valence-corrected chi connectivity index (χ3v) is 1.19. The zero-order valence-corrected chi connectivity index (χ0v) is 9.12. The van der Waals surface area contributed by atoms with E-state index < -0.39 is 0 Å². The Morgan fingerprint density at radius 1 is 1.27 bits per heavy atom. The molecule has 0 aliphatic carbocycles. The predicted molar refractivity (Wildman–Crippen MR) is 37.8 cm³/mol. The van der Waals surface area contributed by atoms with Gasteiger partial charge in [0, 0.05) is 32.7 Å². The van der Waals surface area contributed by atoms with Gasteiger partial charge >= 0.3 is 5.97 Å². The monoisotopic (exact) mass is 225 g/mol. The molecule has 55 valence electrons. The van der Waals surface area contributed by atoms with Crippen molar-refractivity contribution in [3.05, 3.63) is 35.9 Å². The van der Waals surface area contributed by atoms with Gasteiger partial charge in [0.05, 0.1) is 12.7 Å². The molecule has 1 radical (unpaired) electrons. The van der Waals surface area contributed by atoms with Gasteiger partial charge in [-0.1, -0.05) is 18.2 Å². The van der Waals surface area contributed by atoms with Crippen molar-refractivity contribution in [1.29, 1.82) is 0 Å². The Hall–Kier alpha value is -0.206. The molecule has 3 heteroatoms. The Morgan fingerprint density at radius 3 is 2.27 bits per heavy atom. The first-order chi connectivity index (χ1) is 4.84. The largest absolute Gasteiger partial charge is 0.465 e. The number of benzene rings is 1. The minimum atomic E-state index is -0.291. The van der Waals surface area contributed by atoms with Gasteiger partial charge in [-0.3, -0.25) is 0 Å². The van der Waals surface area contributed by atoms with E-state index in [0.29, 0.717) is 5.56 Å². The molecule has 0 bridgehead atoms.